The van der Waals surface area contributed by atoms with Gasteiger partial charge in [0, 0.05) is 19.2 Å². The number of nitrogens with two attached hydrogens (primary N) is 1. The van der Waals surface area contributed by atoms with Crippen LogP contribution in [0.25, 0.3) is 0 Å². The van der Waals surface area contributed by atoms with Gasteiger partial charge in [-0.1, -0.05) is 0 Å². The molecule has 21 heavy (non-hydrogen) atoms. The van der Waals surface area contributed by atoms with Crippen molar-refractivity contribution in [2.45, 2.75) is 17.7 Å². The van der Waals surface area contributed by atoms with Gasteiger partial charge in [-0.15, -0.1) is 12.4 Å². The van der Waals surface area contributed by atoms with E-state index in [1.54, 1.807) is 12.1 Å². The van der Waals surface area contributed by atoms with Gasteiger partial charge in [0.15, 0.2) is 11.5 Å². The first-order chi connectivity index (χ1) is 9.61. The van der Waals surface area contributed by atoms with Gasteiger partial charge < -0.3 is 15.2 Å². The van der Waals surface area contributed by atoms with Gasteiger partial charge >= 0.3 is 0 Å². The lowest BCUT2D eigenvalue weighted by Crippen LogP contribution is -2.39. The van der Waals surface area contributed by atoms with Gasteiger partial charge in [0.2, 0.25) is 16.8 Å². The third kappa shape index (κ3) is 3.11. The first kappa shape index (κ1) is 16.4. The quantitative estimate of drug-likeness (QED) is 0.898. The van der Waals surface area contributed by atoms with Crippen molar-refractivity contribution in [3.05, 3.63) is 18.2 Å². The van der Waals surface area contributed by atoms with Gasteiger partial charge in [-0.05, 0) is 37.4 Å². The average Bonchev–Trinajstić information content (AvgIpc) is 2.94. The van der Waals surface area contributed by atoms with Crippen LogP contribution in [0.4, 0.5) is 0 Å². The molecule has 0 aliphatic carbocycles. The monoisotopic (exact) mass is 334 g/mol. The summed E-state index contributed by atoms with van der Waals surface area (Å²) in [5.74, 6) is 1.51. The Hall–Kier alpha value is -1.02. The molecule has 0 radical (unpaired) electrons. The minimum atomic E-state index is -3.46. The fourth-order valence-electron chi connectivity index (χ4n) is 2.57. The van der Waals surface area contributed by atoms with Crippen molar-refractivity contribution >= 4 is 22.4 Å². The number of hydrogen-bond acceptors (Lipinski definition) is 5. The summed E-state index contributed by atoms with van der Waals surface area (Å²) in [6.07, 6.45) is 1.64. The normalized spacial score (nSPS) is 19.3. The van der Waals surface area contributed by atoms with Crippen LogP contribution in [-0.2, 0) is 10.0 Å². The van der Waals surface area contributed by atoms with Crippen molar-refractivity contribution in [3.63, 3.8) is 0 Å². The maximum atomic E-state index is 12.6. The molecule has 2 heterocycles. The predicted molar refractivity (Wildman–Crippen MR) is 80.4 cm³/mol. The Balaban J connectivity index is 0.00000161. The number of rotatable bonds is 3. The van der Waals surface area contributed by atoms with E-state index in [9.17, 15) is 8.42 Å². The van der Waals surface area contributed by atoms with Crippen LogP contribution < -0.4 is 15.2 Å². The number of fused-ring (bicyclic) bond motifs is 1. The zero-order chi connectivity index (χ0) is 14.2. The van der Waals surface area contributed by atoms with Crippen molar-refractivity contribution in [2.24, 2.45) is 11.7 Å². The maximum absolute atomic E-state index is 12.6. The molecule has 0 bridgehead atoms. The Kier molecular flexibility index (Phi) is 4.98. The molecule has 6 nitrogen and oxygen atoms in total. The van der Waals surface area contributed by atoms with Gasteiger partial charge in [0.1, 0.15) is 0 Å². The summed E-state index contributed by atoms with van der Waals surface area (Å²) >= 11 is 0. The summed E-state index contributed by atoms with van der Waals surface area (Å²) in [4.78, 5) is 0.257. The lowest BCUT2D eigenvalue weighted by molar-refractivity contribution is 0.174. The number of hydrogen-bond donors (Lipinski definition) is 1. The summed E-state index contributed by atoms with van der Waals surface area (Å²) in [7, 11) is -3.46. The Labute approximate surface area is 130 Å². The second-order valence-corrected chi connectivity index (χ2v) is 7.04. The Morgan fingerprint density at radius 2 is 1.86 bits per heavy atom. The van der Waals surface area contributed by atoms with Crippen LogP contribution in [0, 0.1) is 5.92 Å². The molecule has 1 saturated heterocycles. The van der Waals surface area contributed by atoms with Gasteiger partial charge in [0.25, 0.3) is 0 Å². The zero-order valence-electron chi connectivity index (χ0n) is 11.5. The van der Waals surface area contributed by atoms with Crippen LogP contribution >= 0.6 is 12.4 Å². The second-order valence-electron chi connectivity index (χ2n) is 5.10. The number of halogens is 1. The van der Waals surface area contributed by atoms with E-state index in [1.807, 2.05) is 0 Å². The smallest absolute Gasteiger partial charge is 0.243 e. The highest BCUT2D eigenvalue weighted by Gasteiger charge is 2.30. The van der Waals surface area contributed by atoms with E-state index in [0.29, 0.717) is 37.1 Å². The zero-order valence-corrected chi connectivity index (χ0v) is 13.2. The molecule has 8 heteroatoms. The number of ether oxygens (including phenoxy) is 2. The first-order valence-electron chi connectivity index (χ1n) is 6.71. The molecule has 1 aromatic carbocycles. The molecule has 2 N–H and O–H groups in total. The van der Waals surface area contributed by atoms with E-state index in [1.165, 1.54) is 10.4 Å². The van der Waals surface area contributed by atoms with Crippen molar-refractivity contribution in [3.8, 4) is 11.5 Å². The third-order valence-electron chi connectivity index (χ3n) is 3.89. The van der Waals surface area contributed by atoms with Crippen LogP contribution in [0.1, 0.15) is 12.8 Å². The van der Waals surface area contributed by atoms with E-state index >= 15 is 0 Å². The van der Waals surface area contributed by atoms with Crippen molar-refractivity contribution in [2.75, 3.05) is 26.4 Å². The van der Waals surface area contributed by atoms with Crippen molar-refractivity contribution < 1.29 is 17.9 Å². The summed E-state index contributed by atoms with van der Waals surface area (Å²) in [6, 6.07) is 4.74. The minimum Gasteiger partial charge on any atom is -0.454 e. The molecule has 0 aromatic heterocycles. The molecule has 0 spiro atoms. The number of sulfonamides is 1. The summed E-state index contributed by atoms with van der Waals surface area (Å²) in [5.41, 5.74) is 5.63. The van der Waals surface area contributed by atoms with Gasteiger partial charge in [-0.3, -0.25) is 0 Å². The highest BCUT2D eigenvalue weighted by atomic mass is 35.5. The largest absolute Gasteiger partial charge is 0.454 e. The number of piperidine rings is 1. The Morgan fingerprint density at radius 1 is 1.19 bits per heavy atom. The molecule has 0 saturated carbocycles. The molecule has 0 atom stereocenters. The molecule has 2 aliphatic heterocycles. The minimum absolute atomic E-state index is 0. The Bertz CT molecular complexity index is 600. The fourth-order valence-corrected chi connectivity index (χ4v) is 4.06. The van der Waals surface area contributed by atoms with Crippen LogP contribution in [0.3, 0.4) is 0 Å². The van der Waals surface area contributed by atoms with Crippen LogP contribution in [0.5, 0.6) is 11.5 Å². The third-order valence-corrected chi connectivity index (χ3v) is 5.78. The molecule has 2 aliphatic rings. The molecule has 0 unspecified atom stereocenters. The maximum Gasteiger partial charge on any atom is 0.243 e. The highest BCUT2D eigenvalue weighted by molar-refractivity contribution is 7.89. The number of benzene rings is 1. The summed E-state index contributed by atoms with van der Waals surface area (Å²) in [6.45, 7) is 1.82. The SMILES string of the molecule is Cl.NCC1CCN(S(=O)(=O)c2ccc3c(c2)OCO3)CC1. The molecule has 3 rings (SSSR count). The van der Waals surface area contributed by atoms with Crippen LogP contribution in [0.15, 0.2) is 23.1 Å². The lowest BCUT2D eigenvalue weighted by atomic mass is 9.99. The van der Waals surface area contributed by atoms with Crippen LogP contribution in [0.2, 0.25) is 0 Å². The summed E-state index contributed by atoms with van der Waals surface area (Å²) in [5, 5.41) is 0. The highest BCUT2D eigenvalue weighted by Crippen LogP contribution is 2.35. The molecule has 118 valence electrons. The molecular formula is C13H19ClN2O4S. The Morgan fingerprint density at radius 3 is 2.52 bits per heavy atom. The van der Waals surface area contributed by atoms with E-state index in [4.69, 9.17) is 15.2 Å². The summed E-state index contributed by atoms with van der Waals surface area (Å²) < 4.78 is 37.1. The number of nitrogens with zero attached hydrogens (tertiary/aromatic N) is 1. The average molecular weight is 335 g/mol. The molecule has 1 fully saturated rings. The van der Waals surface area contributed by atoms with Gasteiger partial charge in [-0.2, -0.15) is 4.31 Å². The van der Waals surface area contributed by atoms with Gasteiger partial charge in [0.05, 0.1) is 4.90 Å². The molecular weight excluding hydrogens is 316 g/mol. The predicted octanol–water partition coefficient (Wildman–Crippen LogP) is 1.20. The first-order valence-corrected chi connectivity index (χ1v) is 8.15. The lowest BCUT2D eigenvalue weighted by Gasteiger charge is -2.30. The fraction of sp³-hybridized carbons (Fsp3) is 0.538. The van der Waals surface area contributed by atoms with E-state index in [-0.39, 0.29) is 24.1 Å². The molecule has 0 amide bonds. The van der Waals surface area contributed by atoms with E-state index in [2.05, 4.69) is 0 Å². The van der Waals surface area contributed by atoms with E-state index < -0.39 is 10.0 Å². The standard InChI is InChI=1S/C13H18N2O4S.ClH/c14-8-10-3-5-15(6-4-10)20(16,17)11-1-2-12-13(7-11)19-9-18-12;/h1-2,7,10H,3-6,8-9,14H2;1H. The van der Waals surface area contributed by atoms with Crippen molar-refractivity contribution in [1.82, 2.24) is 4.31 Å². The van der Waals surface area contributed by atoms with Gasteiger partial charge in [-0.25, -0.2) is 8.42 Å². The van der Waals surface area contributed by atoms with E-state index in [0.717, 1.165) is 12.8 Å². The second kappa shape index (κ2) is 6.39. The van der Waals surface area contributed by atoms with Crippen LogP contribution in [-0.4, -0.2) is 39.2 Å². The molecule has 1 aromatic rings. The van der Waals surface area contributed by atoms with Crippen molar-refractivity contribution in [1.29, 1.82) is 0 Å². The topological polar surface area (TPSA) is 81.9 Å².